The Morgan fingerprint density at radius 2 is 2.00 bits per heavy atom. The van der Waals surface area contributed by atoms with E-state index in [0.29, 0.717) is 0 Å². The number of hydrogen-bond donors (Lipinski definition) is 2. The lowest BCUT2D eigenvalue weighted by Gasteiger charge is -2.37. The maximum Gasteiger partial charge on any atom is 0.307 e. The maximum absolute atomic E-state index is 12.5. The lowest BCUT2D eigenvalue weighted by atomic mass is 9.74. The van der Waals surface area contributed by atoms with E-state index in [4.69, 9.17) is 10.5 Å². The molecule has 5 nitrogen and oxygen atoms in total. The first kappa shape index (κ1) is 17.7. The van der Waals surface area contributed by atoms with E-state index in [1.54, 1.807) is 13.8 Å². The number of hydrogen-bond acceptors (Lipinski definition) is 5. The van der Waals surface area contributed by atoms with Gasteiger partial charge in [0, 0.05) is 10.4 Å². The third-order valence-electron chi connectivity index (χ3n) is 3.97. The van der Waals surface area contributed by atoms with Crippen molar-refractivity contribution < 1.29 is 14.3 Å². The van der Waals surface area contributed by atoms with E-state index in [-0.39, 0.29) is 18.3 Å². The summed E-state index contributed by atoms with van der Waals surface area (Å²) in [4.78, 5) is 25.0. The second-order valence-corrected chi connectivity index (χ2v) is 7.15. The molecule has 0 aliphatic carbocycles. The van der Waals surface area contributed by atoms with Gasteiger partial charge >= 0.3 is 5.97 Å². The molecular weight excluding hydrogens is 288 g/mol. The minimum Gasteiger partial charge on any atom is -0.469 e. The third-order valence-corrected chi connectivity index (χ3v) is 4.95. The van der Waals surface area contributed by atoms with Gasteiger partial charge in [0.05, 0.1) is 25.0 Å². The van der Waals surface area contributed by atoms with E-state index in [9.17, 15) is 9.59 Å². The van der Waals surface area contributed by atoms with Gasteiger partial charge in [0.15, 0.2) is 0 Å². The number of nitrogens with one attached hydrogen (secondary N) is 1. The Hall–Kier alpha value is -1.40. The predicted molar refractivity (Wildman–Crippen MR) is 83.9 cm³/mol. The molecular formula is C15H24N2O3S. The Morgan fingerprint density at radius 3 is 2.43 bits per heavy atom. The lowest BCUT2D eigenvalue weighted by molar-refractivity contribution is -0.141. The molecule has 1 atom stereocenters. The summed E-state index contributed by atoms with van der Waals surface area (Å²) in [6, 6.07) is 3.37. The molecule has 0 spiro atoms. The molecule has 6 heteroatoms. The van der Waals surface area contributed by atoms with E-state index in [1.807, 2.05) is 31.4 Å². The first-order chi connectivity index (χ1) is 9.59. The standard InChI is InChI=1S/C15H24N2O3S/c1-14(2,15(3,4)16)13(19)17-10(9-12(18)20-5)11-7-6-8-21-11/h6-8,10H,9,16H2,1-5H3,(H,17,19). The Morgan fingerprint density at radius 1 is 1.38 bits per heavy atom. The first-order valence-corrected chi connectivity index (χ1v) is 7.67. The highest BCUT2D eigenvalue weighted by Gasteiger charge is 2.41. The summed E-state index contributed by atoms with van der Waals surface area (Å²) in [5, 5.41) is 4.83. The van der Waals surface area contributed by atoms with Gasteiger partial charge < -0.3 is 15.8 Å². The van der Waals surface area contributed by atoms with E-state index in [0.717, 1.165) is 4.88 Å². The number of amides is 1. The average molecular weight is 312 g/mol. The zero-order valence-corrected chi connectivity index (χ0v) is 14.0. The molecule has 0 saturated heterocycles. The number of rotatable bonds is 6. The van der Waals surface area contributed by atoms with Gasteiger partial charge in [-0.3, -0.25) is 9.59 Å². The van der Waals surface area contributed by atoms with Crippen LogP contribution in [0.2, 0.25) is 0 Å². The number of methoxy groups -OCH3 is 1. The van der Waals surface area contributed by atoms with Crippen LogP contribution < -0.4 is 11.1 Å². The topological polar surface area (TPSA) is 81.4 Å². The molecule has 1 heterocycles. The minimum absolute atomic E-state index is 0.101. The number of carbonyl (C=O) groups is 2. The van der Waals surface area contributed by atoms with Crippen LogP contribution in [0.5, 0.6) is 0 Å². The summed E-state index contributed by atoms with van der Waals surface area (Å²) in [6.45, 7) is 7.22. The summed E-state index contributed by atoms with van der Waals surface area (Å²) in [5.41, 5.74) is 4.64. The molecule has 21 heavy (non-hydrogen) atoms. The fraction of sp³-hybridized carbons (Fsp3) is 0.600. The SMILES string of the molecule is COC(=O)CC(NC(=O)C(C)(C)C(C)(C)N)c1cccs1. The molecule has 0 bridgehead atoms. The van der Waals surface area contributed by atoms with Crippen LogP contribution >= 0.6 is 11.3 Å². The number of thiophene rings is 1. The van der Waals surface area contributed by atoms with Crippen molar-refractivity contribution in [2.75, 3.05) is 7.11 Å². The van der Waals surface area contributed by atoms with Crippen molar-refractivity contribution in [3.63, 3.8) is 0 Å². The smallest absolute Gasteiger partial charge is 0.307 e. The van der Waals surface area contributed by atoms with Gasteiger partial charge in [-0.15, -0.1) is 11.3 Å². The van der Waals surface area contributed by atoms with E-state index in [1.165, 1.54) is 18.4 Å². The summed E-state index contributed by atoms with van der Waals surface area (Å²) in [5.74, 6) is -0.546. The third kappa shape index (κ3) is 4.28. The van der Waals surface area contributed by atoms with Crippen LogP contribution in [0.1, 0.15) is 45.0 Å². The zero-order valence-electron chi connectivity index (χ0n) is 13.2. The molecule has 1 rings (SSSR count). The molecule has 0 aliphatic heterocycles. The largest absolute Gasteiger partial charge is 0.469 e. The van der Waals surface area contributed by atoms with Crippen LogP contribution in [-0.2, 0) is 14.3 Å². The number of ether oxygens (including phenoxy) is 1. The summed E-state index contributed by atoms with van der Waals surface area (Å²) >= 11 is 1.49. The van der Waals surface area contributed by atoms with Gasteiger partial charge in [-0.25, -0.2) is 0 Å². The van der Waals surface area contributed by atoms with Crippen LogP contribution in [-0.4, -0.2) is 24.5 Å². The van der Waals surface area contributed by atoms with Crippen LogP contribution in [0.15, 0.2) is 17.5 Å². The number of nitrogens with two attached hydrogens (primary N) is 1. The number of esters is 1. The summed E-state index contributed by atoms with van der Waals surface area (Å²) in [7, 11) is 1.34. The van der Waals surface area contributed by atoms with E-state index < -0.39 is 17.0 Å². The monoisotopic (exact) mass is 312 g/mol. The van der Waals surface area contributed by atoms with Crippen molar-refractivity contribution in [3.05, 3.63) is 22.4 Å². The maximum atomic E-state index is 12.5. The van der Waals surface area contributed by atoms with Gasteiger partial charge in [-0.1, -0.05) is 6.07 Å². The Labute approximate surface area is 129 Å². The first-order valence-electron chi connectivity index (χ1n) is 6.79. The number of carbonyl (C=O) groups excluding carboxylic acids is 2. The average Bonchev–Trinajstić information content (AvgIpc) is 2.89. The molecule has 0 aliphatic rings. The molecule has 1 unspecified atom stereocenters. The van der Waals surface area contributed by atoms with Crippen molar-refractivity contribution in [1.29, 1.82) is 0 Å². The molecule has 118 valence electrons. The van der Waals surface area contributed by atoms with Gasteiger partial charge in [-0.05, 0) is 39.1 Å². The minimum atomic E-state index is -0.765. The van der Waals surface area contributed by atoms with E-state index >= 15 is 0 Å². The quantitative estimate of drug-likeness (QED) is 0.789. The van der Waals surface area contributed by atoms with Gasteiger partial charge in [0.2, 0.25) is 5.91 Å². The molecule has 0 saturated carbocycles. The van der Waals surface area contributed by atoms with Gasteiger partial charge in [-0.2, -0.15) is 0 Å². The molecule has 3 N–H and O–H groups in total. The normalized spacial score (nSPS) is 13.6. The van der Waals surface area contributed by atoms with E-state index in [2.05, 4.69) is 5.32 Å². The summed E-state index contributed by atoms with van der Waals surface area (Å²) in [6.07, 6.45) is 0.101. The van der Waals surface area contributed by atoms with Gasteiger partial charge in [0.1, 0.15) is 0 Å². The summed E-state index contributed by atoms with van der Waals surface area (Å²) < 4.78 is 4.70. The van der Waals surface area contributed by atoms with Crippen LogP contribution in [0.3, 0.4) is 0 Å². The second-order valence-electron chi connectivity index (χ2n) is 6.17. The van der Waals surface area contributed by atoms with Crippen LogP contribution in [0, 0.1) is 5.41 Å². The Kier molecular flexibility index (Phi) is 5.53. The molecule has 0 fully saturated rings. The molecule has 1 amide bonds. The molecule has 1 aromatic heterocycles. The highest BCUT2D eigenvalue weighted by Crippen LogP contribution is 2.31. The lowest BCUT2D eigenvalue weighted by Crippen LogP contribution is -2.56. The van der Waals surface area contributed by atoms with Crippen LogP contribution in [0.4, 0.5) is 0 Å². The molecule has 1 aromatic rings. The zero-order chi connectivity index (χ0) is 16.3. The second kappa shape index (κ2) is 6.58. The highest BCUT2D eigenvalue weighted by molar-refractivity contribution is 7.10. The highest BCUT2D eigenvalue weighted by atomic mass is 32.1. The van der Waals surface area contributed by atoms with Gasteiger partial charge in [0.25, 0.3) is 0 Å². The van der Waals surface area contributed by atoms with Crippen molar-refractivity contribution in [3.8, 4) is 0 Å². The molecule has 0 radical (unpaired) electrons. The van der Waals surface area contributed by atoms with Crippen molar-refractivity contribution in [2.24, 2.45) is 11.1 Å². The van der Waals surface area contributed by atoms with Crippen LogP contribution in [0.25, 0.3) is 0 Å². The van der Waals surface area contributed by atoms with Crippen molar-refractivity contribution >= 4 is 23.2 Å². The van der Waals surface area contributed by atoms with Crippen molar-refractivity contribution in [1.82, 2.24) is 5.32 Å². The predicted octanol–water partition coefficient (Wildman–Crippen LogP) is 2.23. The Bertz CT molecular complexity index is 490. The fourth-order valence-electron chi connectivity index (χ4n) is 1.59. The molecule has 0 aromatic carbocycles. The van der Waals surface area contributed by atoms with Crippen molar-refractivity contribution in [2.45, 2.75) is 45.7 Å². The fourth-order valence-corrected chi connectivity index (χ4v) is 2.37. The Balaban J connectivity index is 2.92.